The minimum absolute atomic E-state index is 0.0361. The van der Waals surface area contributed by atoms with Gasteiger partial charge < -0.3 is 19.3 Å². The van der Waals surface area contributed by atoms with E-state index in [1.54, 1.807) is 37.2 Å². The van der Waals surface area contributed by atoms with E-state index >= 15 is 0 Å². The Hall–Kier alpha value is -4.24. The highest BCUT2D eigenvalue weighted by Gasteiger charge is 2.22. The van der Waals surface area contributed by atoms with Gasteiger partial charge in [0.25, 0.3) is 5.91 Å². The number of hydrogen-bond acceptors (Lipinski definition) is 6. The second-order valence-electron chi connectivity index (χ2n) is 9.36. The van der Waals surface area contributed by atoms with Crippen LogP contribution < -0.4 is 0 Å². The first-order valence-corrected chi connectivity index (χ1v) is 12.2. The maximum absolute atomic E-state index is 12.9. The van der Waals surface area contributed by atoms with Crippen molar-refractivity contribution in [3.05, 3.63) is 77.8 Å². The van der Waals surface area contributed by atoms with Crippen LogP contribution in [0.2, 0.25) is 0 Å². The molecule has 0 radical (unpaired) electrons. The van der Waals surface area contributed by atoms with E-state index in [2.05, 4.69) is 22.5 Å². The molecule has 0 atom stereocenters. The normalized spacial score (nSPS) is 13.6. The third-order valence-corrected chi connectivity index (χ3v) is 6.58. The lowest BCUT2D eigenvalue weighted by atomic mass is 9.94. The minimum atomic E-state index is -0.208. The van der Waals surface area contributed by atoms with Crippen LogP contribution in [0.5, 0.6) is 0 Å². The predicted octanol–water partition coefficient (Wildman–Crippen LogP) is 3.59. The summed E-state index contributed by atoms with van der Waals surface area (Å²) in [4.78, 5) is 28.9. The van der Waals surface area contributed by atoms with Crippen molar-refractivity contribution in [1.29, 1.82) is 0 Å². The summed E-state index contributed by atoms with van der Waals surface area (Å²) in [5.41, 5.74) is 5.24. The predicted molar refractivity (Wildman–Crippen MR) is 139 cm³/mol. The highest BCUT2D eigenvalue weighted by Crippen LogP contribution is 2.36. The van der Waals surface area contributed by atoms with Crippen molar-refractivity contribution in [2.75, 3.05) is 27.2 Å². The van der Waals surface area contributed by atoms with Gasteiger partial charge in [0.15, 0.2) is 5.76 Å². The average Bonchev–Trinajstić information content (AvgIpc) is 3.61. The van der Waals surface area contributed by atoms with Crippen LogP contribution in [0.1, 0.15) is 34.5 Å². The lowest BCUT2D eigenvalue weighted by molar-refractivity contribution is -0.131. The zero-order valence-electron chi connectivity index (χ0n) is 20.9. The molecule has 3 heterocycles. The molecular weight excluding hydrogens is 470 g/mol. The SMILES string of the molecule is CN(C)C(=O)c1cc2cc(C3=CCCN(C(=O)CCn4ccnn4)C3)cc(-c3ccc(CO)cc3)c2o1. The molecule has 9 heteroatoms. The summed E-state index contributed by atoms with van der Waals surface area (Å²) in [6.07, 6.45) is 6.64. The number of hydrogen-bond donors (Lipinski definition) is 1. The van der Waals surface area contributed by atoms with Gasteiger partial charge in [0, 0.05) is 50.8 Å². The van der Waals surface area contributed by atoms with E-state index < -0.39 is 0 Å². The van der Waals surface area contributed by atoms with Gasteiger partial charge in [-0.2, -0.15) is 0 Å². The molecule has 0 bridgehead atoms. The number of furan rings is 1. The molecule has 2 amide bonds. The molecule has 4 aromatic rings. The van der Waals surface area contributed by atoms with Crippen molar-refractivity contribution in [1.82, 2.24) is 24.8 Å². The van der Waals surface area contributed by atoms with Crippen LogP contribution in [0.3, 0.4) is 0 Å². The summed E-state index contributed by atoms with van der Waals surface area (Å²) in [5.74, 6) is 0.137. The van der Waals surface area contributed by atoms with Crippen molar-refractivity contribution < 1.29 is 19.1 Å². The number of fused-ring (bicyclic) bond motifs is 1. The van der Waals surface area contributed by atoms with Crippen molar-refractivity contribution in [2.45, 2.75) is 26.0 Å². The van der Waals surface area contributed by atoms with E-state index in [9.17, 15) is 14.7 Å². The fourth-order valence-corrected chi connectivity index (χ4v) is 4.55. The minimum Gasteiger partial charge on any atom is -0.450 e. The molecule has 37 heavy (non-hydrogen) atoms. The van der Waals surface area contributed by atoms with Gasteiger partial charge in [-0.1, -0.05) is 35.6 Å². The number of nitrogens with zero attached hydrogens (tertiary/aromatic N) is 5. The number of aromatic nitrogens is 3. The summed E-state index contributed by atoms with van der Waals surface area (Å²) < 4.78 is 7.72. The molecule has 2 aromatic heterocycles. The largest absolute Gasteiger partial charge is 0.450 e. The molecule has 0 unspecified atom stereocenters. The van der Waals surface area contributed by atoms with E-state index in [4.69, 9.17) is 4.42 Å². The number of aliphatic hydroxyl groups excluding tert-OH is 1. The van der Waals surface area contributed by atoms with Crippen molar-refractivity contribution in [3.8, 4) is 11.1 Å². The summed E-state index contributed by atoms with van der Waals surface area (Å²) in [7, 11) is 3.38. The second kappa shape index (κ2) is 10.4. The van der Waals surface area contributed by atoms with Crippen LogP contribution in [0, 0.1) is 0 Å². The Labute approximate surface area is 214 Å². The third-order valence-electron chi connectivity index (χ3n) is 6.58. The lowest BCUT2D eigenvalue weighted by Gasteiger charge is -2.28. The second-order valence-corrected chi connectivity index (χ2v) is 9.36. The Morgan fingerprint density at radius 1 is 1.11 bits per heavy atom. The number of carbonyl (C=O) groups excluding carboxylic acids is 2. The van der Waals surface area contributed by atoms with Crippen molar-refractivity contribution >= 4 is 28.4 Å². The van der Waals surface area contributed by atoms with Crippen LogP contribution in [0.25, 0.3) is 27.7 Å². The van der Waals surface area contributed by atoms with E-state index in [1.807, 2.05) is 35.2 Å². The molecule has 9 nitrogen and oxygen atoms in total. The Bertz CT molecular complexity index is 1450. The standard InChI is InChI=1S/C28H29N5O4/c1-31(2)28(36)25-16-23-14-22(15-24(27(23)37-25)20-7-5-19(18-34)6-8-20)21-4-3-11-32(17-21)26(35)9-12-33-13-10-29-30-33/h4-8,10,13-16,34H,3,9,11-12,17-18H2,1-2H3. The van der Waals surface area contributed by atoms with Gasteiger partial charge >= 0.3 is 0 Å². The summed E-state index contributed by atoms with van der Waals surface area (Å²) in [6.45, 7) is 1.63. The molecule has 190 valence electrons. The molecule has 2 aromatic carbocycles. The molecule has 1 aliphatic heterocycles. The molecule has 1 N–H and O–H groups in total. The molecule has 0 spiro atoms. The van der Waals surface area contributed by atoms with E-state index in [-0.39, 0.29) is 24.2 Å². The first kappa shape index (κ1) is 24.5. The van der Waals surface area contributed by atoms with Gasteiger partial charge in [-0.25, -0.2) is 0 Å². The topological polar surface area (TPSA) is 105 Å². The monoisotopic (exact) mass is 499 g/mol. The number of benzene rings is 2. The average molecular weight is 500 g/mol. The Balaban J connectivity index is 1.48. The lowest BCUT2D eigenvalue weighted by Crippen LogP contribution is -2.35. The van der Waals surface area contributed by atoms with Crippen LogP contribution >= 0.6 is 0 Å². The van der Waals surface area contributed by atoms with Crippen LogP contribution in [-0.2, 0) is 17.9 Å². The van der Waals surface area contributed by atoms with Gasteiger partial charge in [0.2, 0.25) is 5.91 Å². The molecular formula is C28H29N5O4. The molecule has 0 aliphatic carbocycles. The van der Waals surface area contributed by atoms with E-state index in [1.165, 1.54) is 4.90 Å². The Morgan fingerprint density at radius 2 is 1.92 bits per heavy atom. The summed E-state index contributed by atoms with van der Waals surface area (Å²) >= 11 is 0. The van der Waals surface area contributed by atoms with Gasteiger partial charge in [-0.3, -0.25) is 14.3 Å². The molecule has 0 saturated carbocycles. The van der Waals surface area contributed by atoms with Crippen molar-refractivity contribution in [2.24, 2.45) is 0 Å². The highest BCUT2D eigenvalue weighted by molar-refractivity contribution is 6.01. The molecule has 5 rings (SSSR count). The maximum Gasteiger partial charge on any atom is 0.289 e. The molecule has 0 saturated heterocycles. The smallest absolute Gasteiger partial charge is 0.289 e. The van der Waals surface area contributed by atoms with Gasteiger partial charge in [0.05, 0.1) is 19.3 Å². The van der Waals surface area contributed by atoms with E-state index in [0.29, 0.717) is 31.6 Å². The summed E-state index contributed by atoms with van der Waals surface area (Å²) in [6, 6.07) is 13.5. The molecule has 1 aliphatic rings. The number of amides is 2. The summed E-state index contributed by atoms with van der Waals surface area (Å²) in [5, 5.41) is 18.0. The quantitative estimate of drug-likeness (QED) is 0.417. The highest BCUT2D eigenvalue weighted by atomic mass is 16.3. The van der Waals surface area contributed by atoms with Crippen LogP contribution in [0.4, 0.5) is 0 Å². The van der Waals surface area contributed by atoms with Crippen LogP contribution in [-0.4, -0.2) is 68.9 Å². The van der Waals surface area contributed by atoms with E-state index in [0.717, 1.165) is 39.6 Å². The Morgan fingerprint density at radius 3 is 2.62 bits per heavy atom. The first-order chi connectivity index (χ1) is 17.9. The van der Waals surface area contributed by atoms with Gasteiger partial charge in [0.1, 0.15) is 5.58 Å². The fraction of sp³-hybridized carbons (Fsp3) is 0.286. The van der Waals surface area contributed by atoms with Gasteiger partial charge in [-0.15, -0.1) is 5.10 Å². The van der Waals surface area contributed by atoms with Crippen molar-refractivity contribution in [3.63, 3.8) is 0 Å². The fourth-order valence-electron chi connectivity index (χ4n) is 4.55. The third kappa shape index (κ3) is 5.17. The maximum atomic E-state index is 12.9. The number of aliphatic hydroxyl groups is 1. The zero-order valence-corrected chi connectivity index (χ0v) is 20.9. The molecule has 0 fully saturated rings. The first-order valence-electron chi connectivity index (χ1n) is 12.2. The number of rotatable bonds is 7. The Kier molecular flexibility index (Phi) is 6.87. The zero-order chi connectivity index (χ0) is 25.9. The number of carbonyl (C=O) groups is 2. The van der Waals surface area contributed by atoms with Crippen LogP contribution in [0.15, 0.2) is 65.4 Å². The van der Waals surface area contributed by atoms with Gasteiger partial charge in [-0.05, 0) is 46.9 Å². The number of aryl methyl sites for hydroxylation is 1.